The molecule has 0 saturated carbocycles. The largest absolute Gasteiger partial charge is 0.311 e. The van der Waals surface area contributed by atoms with Crippen molar-refractivity contribution < 1.29 is 0 Å². The maximum absolute atomic E-state index is 3.75. The number of hydrogen-bond donors (Lipinski definition) is 1. The van der Waals surface area contributed by atoms with Crippen molar-refractivity contribution in [3.63, 3.8) is 0 Å². The van der Waals surface area contributed by atoms with Gasteiger partial charge in [0, 0.05) is 5.54 Å². The Hall–Kier alpha value is -0.0400. The zero-order chi connectivity index (χ0) is 10.4. The van der Waals surface area contributed by atoms with Crippen molar-refractivity contribution in [3.05, 3.63) is 0 Å². The van der Waals surface area contributed by atoms with E-state index >= 15 is 0 Å². The van der Waals surface area contributed by atoms with E-state index in [-0.39, 0.29) is 0 Å². The molecule has 0 aromatic rings. The predicted molar refractivity (Wildman–Crippen MR) is 63.6 cm³/mol. The van der Waals surface area contributed by atoms with Gasteiger partial charge in [-0.1, -0.05) is 46.5 Å². The SMILES string of the molecule is CCCCCCC1(C(C)C)CCCN1. The number of unbranched alkanes of at least 4 members (excludes halogenated alkanes) is 3. The second kappa shape index (κ2) is 5.75. The van der Waals surface area contributed by atoms with E-state index in [1.54, 1.807) is 0 Å². The predicted octanol–water partition coefficient (Wildman–Crippen LogP) is 3.74. The third-order valence-electron chi connectivity index (χ3n) is 3.86. The van der Waals surface area contributed by atoms with Gasteiger partial charge in [0.25, 0.3) is 0 Å². The van der Waals surface area contributed by atoms with E-state index < -0.39 is 0 Å². The average molecular weight is 197 g/mol. The Kier molecular flexibility index (Phi) is 4.94. The molecule has 1 heteroatoms. The lowest BCUT2D eigenvalue weighted by Gasteiger charge is -2.34. The molecule has 1 unspecified atom stereocenters. The topological polar surface area (TPSA) is 12.0 Å². The van der Waals surface area contributed by atoms with Gasteiger partial charge in [0.05, 0.1) is 0 Å². The summed E-state index contributed by atoms with van der Waals surface area (Å²) in [6, 6.07) is 0. The first kappa shape index (κ1) is 12.0. The highest BCUT2D eigenvalue weighted by molar-refractivity contribution is 4.95. The molecule has 1 heterocycles. The molecule has 0 spiro atoms. The van der Waals surface area contributed by atoms with Crippen LogP contribution in [-0.2, 0) is 0 Å². The van der Waals surface area contributed by atoms with Gasteiger partial charge in [0.15, 0.2) is 0 Å². The van der Waals surface area contributed by atoms with E-state index in [4.69, 9.17) is 0 Å². The second-order valence-electron chi connectivity index (χ2n) is 5.15. The minimum atomic E-state index is 0.494. The Labute approximate surface area is 89.7 Å². The zero-order valence-electron chi connectivity index (χ0n) is 10.2. The van der Waals surface area contributed by atoms with E-state index in [0.717, 1.165) is 5.92 Å². The second-order valence-corrected chi connectivity index (χ2v) is 5.15. The maximum Gasteiger partial charge on any atom is 0.0204 e. The molecule has 0 aromatic heterocycles. The van der Waals surface area contributed by atoms with Crippen molar-refractivity contribution in [2.24, 2.45) is 5.92 Å². The fraction of sp³-hybridized carbons (Fsp3) is 1.00. The van der Waals surface area contributed by atoms with E-state index in [0.29, 0.717) is 5.54 Å². The fourth-order valence-electron chi connectivity index (χ4n) is 2.69. The quantitative estimate of drug-likeness (QED) is 0.640. The van der Waals surface area contributed by atoms with Crippen molar-refractivity contribution in [2.75, 3.05) is 6.54 Å². The maximum atomic E-state index is 3.75. The van der Waals surface area contributed by atoms with Crippen LogP contribution in [-0.4, -0.2) is 12.1 Å². The summed E-state index contributed by atoms with van der Waals surface area (Å²) in [6.07, 6.45) is 9.77. The minimum absolute atomic E-state index is 0.494. The van der Waals surface area contributed by atoms with Crippen LogP contribution >= 0.6 is 0 Å². The van der Waals surface area contributed by atoms with Gasteiger partial charge in [-0.2, -0.15) is 0 Å². The van der Waals surface area contributed by atoms with Crippen LogP contribution in [0.3, 0.4) is 0 Å². The molecule has 0 amide bonds. The summed E-state index contributed by atoms with van der Waals surface area (Å²) in [5, 5.41) is 3.75. The smallest absolute Gasteiger partial charge is 0.0204 e. The highest BCUT2D eigenvalue weighted by Gasteiger charge is 2.35. The monoisotopic (exact) mass is 197 g/mol. The average Bonchev–Trinajstić information content (AvgIpc) is 2.62. The Morgan fingerprint density at radius 2 is 2.00 bits per heavy atom. The van der Waals surface area contributed by atoms with Crippen molar-refractivity contribution in [3.8, 4) is 0 Å². The van der Waals surface area contributed by atoms with Crippen LogP contribution in [0.4, 0.5) is 0 Å². The molecule has 0 radical (unpaired) electrons. The molecule has 0 aliphatic carbocycles. The lowest BCUT2D eigenvalue weighted by molar-refractivity contribution is 0.244. The van der Waals surface area contributed by atoms with Crippen LogP contribution in [0.25, 0.3) is 0 Å². The summed E-state index contributed by atoms with van der Waals surface area (Å²) in [5.41, 5.74) is 0.494. The van der Waals surface area contributed by atoms with Gasteiger partial charge in [-0.25, -0.2) is 0 Å². The molecule has 1 aliphatic rings. The number of nitrogens with one attached hydrogen (secondary N) is 1. The lowest BCUT2D eigenvalue weighted by Crippen LogP contribution is -2.44. The molecular weight excluding hydrogens is 170 g/mol. The summed E-state index contributed by atoms with van der Waals surface area (Å²) in [6.45, 7) is 8.27. The summed E-state index contributed by atoms with van der Waals surface area (Å²) in [4.78, 5) is 0. The van der Waals surface area contributed by atoms with Crippen molar-refractivity contribution in [1.29, 1.82) is 0 Å². The molecule has 1 N–H and O–H groups in total. The minimum Gasteiger partial charge on any atom is -0.311 e. The van der Waals surface area contributed by atoms with E-state index in [2.05, 4.69) is 26.1 Å². The van der Waals surface area contributed by atoms with Crippen LogP contribution < -0.4 is 5.32 Å². The van der Waals surface area contributed by atoms with Crippen LogP contribution in [0.5, 0.6) is 0 Å². The number of rotatable bonds is 6. The van der Waals surface area contributed by atoms with Crippen LogP contribution in [0.2, 0.25) is 0 Å². The van der Waals surface area contributed by atoms with Gasteiger partial charge in [0.2, 0.25) is 0 Å². The molecular formula is C13H27N. The summed E-state index contributed by atoms with van der Waals surface area (Å²) >= 11 is 0. The first-order chi connectivity index (χ1) is 6.71. The van der Waals surface area contributed by atoms with Crippen molar-refractivity contribution in [1.82, 2.24) is 5.32 Å². The van der Waals surface area contributed by atoms with E-state index in [1.807, 2.05) is 0 Å². The molecule has 0 aromatic carbocycles. The van der Waals surface area contributed by atoms with Gasteiger partial charge < -0.3 is 5.32 Å². The van der Waals surface area contributed by atoms with Gasteiger partial charge in [-0.15, -0.1) is 0 Å². The normalized spacial score (nSPS) is 27.4. The van der Waals surface area contributed by atoms with Gasteiger partial charge in [-0.05, 0) is 31.7 Å². The van der Waals surface area contributed by atoms with Crippen LogP contribution in [0.1, 0.15) is 65.7 Å². The molecule has 1 rings (SSSR count). The first-order valence-electron chi connectivity index (χ1n) is 6.46. The molecule has 1 atom stereocenters. The van der Waals surface area contributed by atoms with Crippen molar-refractivity contribution in [2.45, 2.75) is 71.3 Å². The fourth-order valence-corrected chi connectivity index (χ4v) is 2.69. The van der Waals surface area contributed by atoms with Gasteiger partial charge in [-0.3, -0.25) is 0 Å². The summed E-state index contributed by atoms with van der Waals surface area (Å²) in [7, 11) is 0. The zero-order valence-corrected chi connectivity index (χ0v) is 10.2. The van der Waals surface area contributed by atoms with E-state index in [9.17, 15) is 0 Å². The Bertz CT molecular complexity index is 145. The van der Waals surface area contributed by atoms with Gasteiger partial charge >= 0.3 is 0 Å². The summed E-state index contributed by atoms with van der Waals surface area (Å²) in [5.74, 6) is 0.798. The van der Waals surface area contributed by atoms with Crippen LogP contribution in [0, 0.1) is 5.92 Å². The third kappa shape index (κ3) is 2.98. The van der Waals surface area contributed by atoms with Gasteiger partial charge in [0.1, 0.15) is 0 Å². The lowest BCUT2D eigenvalue weighted by atomic mass is 9.80. The molecule has 0 bridgehead atoms. The molecule has 84 valence electrons. The summed E-state index contributed by atoms with van der Waals surface area (Å²) < 4.78 is 0. The molecule has 1 nitrogen and oxygen atoms in total. The van der Waals surface area contributed by atoms with E-state index in [1.165, 1.54) is 51.5 Å². The molecule has 1 aliphatic heterocycles. The third-order valence-corrected chi connectivity index (χ3v) is 3.86. The van der Waals surface area contributed by atoms with Crippen LogP contribution in [0.15, 0.2) is 0 Å². The Morgan fingerprint density at radius 1 is 1.21 bits per heavy atom. The number of hydrogen-bond acceptors (Lipinski definition) is 1. The Balaban J connectivity index is 2.29. The molecule has 14 heavy (non-hydrogen) atoms. The molecule has 1 fully saturated rings. The standard InChI is InChI=1S/C13H27N/c1-4-5-6-7-9-13(12(2)3)10-8-11-14-13/h12,14H,4-11H2,1-3H3. The first-order valence-corrected chi connectivity index (χ1v) is 6.46. The van der Waals surface area contributed by atoms with Crippen molar-refractivity contribution >= 4 is 0 Å². The molecule has 1 saturated heterocycles. The highest BCUT2D eigenvalue weighted by Crippen LogP contribution is 2.32. The highest BCUT2D eigenvalue weighted by atomic mass is 15.0. The Morgan fingerprint density at radius 3 is 2.50 bits per heavy atom.